The number of carbonyl (C=O) groups is 1. The van der Waals surface area contributed by atoms with Crippen LogP contribution in [0.15, 0.2) is 29.4 Å². The molecule has 1 atom stereocenters. The van der Waals surface area contributed by atoms with Crippen molar-refractivity contribution in [3.05, 3.63) is 24.3 Å². The normalized spacial score (nSPS) is 17.0. The summed E-state index contributed by atoms with van der Waals surface area (Å²) in [5.74, 6) is 0.835. The lowest BCUT2D eigenvalue weighted by atomic mass is 10.2. The Morgan fingerprint density at radius 3 is 3.17 bits per heavy atom. The zero-order valence-corrected chi connectivity index (χ0v) is 14.2. The Morgan fingerprint density at radius 1 is 1.50 bits per heavy atom. The van der Waals surface area contributed by atoms with Crippen LogP contribution in [0.3, 0.4) is 0 Å². The van der Waals surface area contributed by atoms with Crippen molar-refractivity contribution in [3.8, 4) is 11.4 Å². The predicted molar refractivity (Wildman–Crippen MR) is 88.4 cm³/mol. The van der Waals surface area contributed by atoms with Gasteiger partial charge in [-0.1, -0.05) is 23.9 Å². The number of amides is 1. The molecule has 3 rings (SSSR count). The van der Waals surface area contributed by atoms with Gasteiger partial charge in [-0.3, -0.25) is 4.79 Å². The number of ether oxygens (including phenoxy) is 2. The molecule has 0 bridgehead atoms. The Bertz CT molecular complexity index is 687. The van der Waals surface area contributed by atoms with Gasteiger partial charge in [0.15, 0.2) is 0 Å². The first-order valence-corrected chi connectivity index (χ1v) is 8.69. The van der Waals surface area contributed by atoms with E-state index in [2.05, 4.69) is 20.8 Å². The molecule has 0 aliphatic carbocycles. The molecule has 8 nitrogen and oxygen atoms in total. The lowest BCUT2D eigenvalue weighted by Crippen LogP contribution is -2.32. The first-order valence-electron chi connectivity index (χ1n) is 7.71. The van der Waals surface area contributed by atoms with Crippen molar-refractivity contribution in [1.82, 2.24) is 25.5 Å². The summed E-state index contributed by atoms with van der Waals surface area (Å²) in [6.07, 6.45) is 2.19. The number of para-hydroxylation sites is 2. The smallest absolute Gasteiger partial charge is 0.230 e. The molecular formula is C15H19N5O3S. The van der Waals surface area contributed by atoms with E-state index in [1.807, 2.05) is 24.3 Å². The number of aromatic nitrogens is 4. The van der Waals surface area contributed by atoms with Gasteiger partial charge < -0.3 is 14.8 Å². The lowest BCUT2D eigenvalue weighted by molar-refractivity contribution is -0.119. The number of nitrogens with one attached hydrogen (secondary N) is 1. The molecular weight excluding hydrogens is 330 g/mol. The quantitative estimate of drug-likeness (QED) is 0.747. The fourth-order valence-electron chi connectivity index (χ4n) is 2.44. The maximum Gasteiger partial charge on any atom is 0.230 e. The lowest BCUT2D eigenvalue weighted by Gasteiger charge is -2.11. The van der Waals surface area contributed by atoms with Crippen LogP contribution >= 0.6 is 11.8 Å². The molecule has 1 fully saturated rings. The van der Waals surface area contributed by atoms with Crippen LogP contribution in [0.1, 0.15) is 12.8 Å². The standard InChI is InChI=1S/C15H19N5O3S/c1-22-13-7-3-2-6-12(13)20-15(17-18-19-20)24-10-14(21)16-9-11-5-4-8-23-11/h2-3,6-7,11H,4-5,8-10H2,1H3,(H,16,21)/t11-/m1/s1. The fraction of sp³-hybridized carbons (Fsp3) is 0.467. The minimum atomic E-state index is -0.0647. The molecule has 1 aliphatic heterocycles. The molecule has 24 heavy (non-hydrogen) atoms. The van der Waals surface area contributed by atoms with Gasteiger partial charge in [-0.25, -0.2) is 0 Å². The third-order valence-electron chi connectivity index (χ3n) is 3.64. The number of tetrazole rings is 1. The summed E-state index contributed by atoms with van der Waals surface area (Å²) in [5, 5.41) is 15.1. The highest BCUT2D eigenvalue weighted by Gasteiger charge is 2.17. The van der Waals surface area contributed by atoms with Crippen molar-refractivity contribution in [1.29, 1.82) is 0 Å². The molecule has 2 heterocycles. The third kappa shape index (κ3) is 4.04. The molecule has 1 aromatic heterocycles. The molecule has 1 aliphatic rings. The van der Waals surface area contributed by atoms with Gasteiger partial charge in [0.05, 0.1) is 19.0 Å². The molecule has 2 aromatic rings. The Labute approximate surface area is 143 Å². The van der Waals surface area contributed by atoms with Gasteiger partial charge in [-0.05, 0) is 35.4 Å². The summed E-state index contributed by atoms with van der Waals surface area (Å²) in [4.78, 5) is 12.0. The van der Waals surface area contributed by atoms with E-state index < -0.39 is 0 Å². The van der Waals surface area contributed by atoms with E-state index >= 15 is 0 Å². The van der Waals surface area contributed by atoms with Gasteiger partial charge in [0.1, 0.15) is 11.4 Å². The SMILES string of the molecule is COc1ccccc1-n1nnnc1SCC(=O)NC[C@H]1CCCO1. The Morgan fingerprint density at radius 2 is 2.38 bits per heavy atom. The molecule has 1 saturated heterocycles. The molecule has 0 saturated carbocycles. The zero-order valence-electron chi connectivity index (χ0n) is 13.3. The average molecular weight is 349 g/mol. The van der Waals surface area contributed by atoms with Gasteiger partial charge in [0.2, 0.25) is 11.1 Å². The third-order valence-corrected chi connectivity index (χ3v) is 4.56. The topological polar surface area (TPSA) is 91.2 Å². The molecule has 1 amide bonds. The molecule has 0 unspecified atom stereocenters. The predicted octanol–water partition coefficient (Wildman–Crippen LogP) is 1.06. The van der Waals surface area contributed by atoms with E-state index in [1.165, 1.54) is 11.8 Å². The van der Waals surface area contributed by atoms with E-state index in [9.17, 15) is 4.79 Å². The molecule has 1 N–H and O–H groups in total. The van der Waals surface area contributed by atoms with Crippen LogP contribution in [0.4, 0.5) is 0 Å². The number of nitrogens with zero attached hydrogens (tertiary/aromatic N) is 4. The van der Waals surface area contributed by atoms with Crippen molar-refractivity contribution in [2.75, 3.05) is 26.0 Å². The second kappa shape index (κ2) is 8.11. The zero-order chi connectivity index (χ0) is 16.8. The number of benzene rings is 1. The molecule has 128 valence electrons. The highest BCUT2D eigenvalue weighted by molar-refractivity contribution is 7.99. The van der Waals surface area contributed by atoms with Gasteiger partial charge in [-0.2, -0.15) is 4.68 Å². The van der Waals surface area contributed by atoms with Crippen molar-refractivity contribution in [3.63, 3.8) is 0 Å². The second-order valence-corrected chi connectivity index (χ2v) is 6.22. The summed E-state index contributed by atoms with van der Waals surface area (Å²) in [6.45, 7) is 1.33. The molecule has 0 radical (unpaired) electrons. The number of hydrogen-bond acceptors (Lipinski definition) is 7. The second-order valence-electron chi connectivity index (χ2n) is 5.27. The first kappa shape index (κ1) is 16.7. The number of thioether (sulfide) groups is 1. The number of hydrogen-bond donors (Lipinski definition) is 1. The average Bonchev–Trinajstić information content (AvgIpc) is 3.29. The Kier molecular flexibility index (Phi) is 5.65. The minimum Gasteiger partial charge on any atom is -0.494 e. The van der Waals surface area contributed by atoms with Gasteiger partial charge in [0.25, 0.3) is 0 Å². The fourth-order valence-corrected chi connectivity index (χ4v) is 3.15. The van der Waals surface area contributed by atoms with E-state index in [1.54, 1.807) is 11.8 Å². The highest BCUT2D eigenvalue weighted by atomic mass is 32.2. The Hall–Kier alpha value is -2.13. The van der Waals surface area contributed by atoms with E-state index in [4.69, 9.17) is 9.47 Å². The summed E-state index contributed by atoms with van der Waals surface area (Å²) >= 11 is 1.28. The number of carbonyl (C=O) groups excluding carboxylic acids is 1. The summed E-state index contributed by atoms with van der Waals surface area (Å²) in [5.41, 5.74) is 0.729. The van der Waals surface area contributed by atoms with Crippen LogP contribution in [0.25, 0.3) is 5.69 Å². The van der Waals surface area contributed by atoms with Crippen LogP contribution in [0.5, 0.6) is 5.75 Å². The molecule has 9 heteroatoms. The van der Waals surface area contributed by atoms with Crippen LogP contribution in [-0.4, -0.2) is 58.2 Å². The molecule has 1 aromatic carbocycles. The largest absolute Gasteiger partial charge is 0.494 e. The van der Waals surface area contributed by atoms with Gasteiger partial charge in [-0.15, -0.1) is 5.10 Å². The van der Waals surface area contributed by atoms with Crippen molar-refractivity contribution in [2.45, 2.75) is 24.1 Å². The van der Waals surface area contributed by atoms with Crippen molar-refractivity contribution < 1.29 is 14.3 Å². The van der Waals surface area contributed by atoms with Crippen molar-refractivity contribution in [2.24, 2.45) is 0 Å². The molecule has 0 spiro atoms. The van der Waals surface area contributed by atoms with Crippen LogP contribution in [-0.2, 0) is 9.53 Å². The summed E-state index contributed by atoms with van der Waals surface area (Å²) in [6, 6.07) is 7.44. The van der Waals surface area contributed by atoms with Crippen LogP contribution in [0.2, 0.25) is 0 Å². The number of rotatable bonds is 7. The van der Waals surface area contributed by atoms with Crippen molar-refractivity contribution >= 4 is 17.7 Å². The Balaban J connectivity index is 1.58. The van der Waals surface area contributed by atoms with E-state index in [0.717, 1.165) is 25.1 Å². The summed E-state index contributed by atoms with van der Waals surface area (Å²) in [7, 11) is 1.59. The van der Waals surface area contributed by atoms with Crippen LogP contribution < -0.4 is 10.1 Å². The number of methoxy groups -OCH3 is 1. The first-order chi connectivity index (χ1) is 11.8. The minimum absolute atomic E-state index is 0.0647. The van der Waals surface area contributed by atoms with Gasteiger partial charge >= 0.3 is 0 Å². The maximum absolute atomic E-state index is 12.0. The van der Waals surface area contributed by atoms with E-state index in [0.29, 0.717) is 17.5 Å². The summed E-state index contributed by atoms with van der Waals surface area (Å²) < 4.78 is 12.4. The highest BCUT2D eigenvalue weighted by Crippen LogP contribution is 2.25. The monoisotopic (exact) mass is 349 g/mol. The van der Waals surface area contributed by atoms with Gasteiger partial charge in [0, 0.05) is 13.2 Å². The maximum atomic E-state index is 12.0. The van der Waals surface area contributed by atoms with Crippen LogP contribution in [0, 0.1) is 0 Å². The van der Waals surface area contributed by atoms with E-state index in [-0.39, 0.29) is 17.8 Å².